The van der Waals surface area contributed by atoms with Crippen molar-refractivity contribution in [3.05, 3.63) is 90.7 Å². The third kappa shape index (κ3) is 4.08. The van der Waals surface area contributed by atoms with Gasteiger partial charge in [-0.3, -0.25) is 14.9 Å². The lowest BCUT2D eigenvalue weighted by Crippen LogP contribution is -2.19. The molecule has 2 aromatic carbocycles. The number of amides is 1. The van der Waals surface area contributed by atoms with Crippen LogP contribution in [0.3, 0.4) is 0 Å². The van der Waals surface area contributed by atoms with Crippen molar-refractivity contribution < 1.29 is 9.72 Å². The van der Waals surface area contributed by atoms with Gasteiger partial charge in [-0.25, -0.2) is 5.43 Å². The van der Waals surface area contributed by atoms with Gasteiger partial charge in [0.15, 0.2) is 0 Å². The monoisotopic (exact) mass is 444 g/mol. The average Bonchev–Trinajstić information content (AvgIpc) is 2.97. The van der Waals surface area contributed by atoms with E-state index < -0.39 is 10.8 Å². The van der Waals surface area contributed by atoms with Gasteiger partial charge in [-0.1, -0.05) is 35.3 Å². The third-order valence-electron chi connectivity index (χ3n) is 4.76. The van der Waals surface area contributed by atoms with Crippen molar-refractivity contribution in [3.63, 3.8) is 0 Å². The molecule has 30 heavy (non-hydrogen) atoms. The Bertz CT molecular complexity index is 1190. The summed E-state index contributed by atoms with van der Waals surface area (Å²) >= 11 is 12.5. The summed E-state index contributed by atoms with van der Waals surface area (Å²) in [6.07, 6.45) is 1.52. The number of halogens is 2. The molecule has 0 radical (unpaired) electrons. The SMILES string of the molecule is Cc1c(C(=O)N/N=C\c2cc(C)n(-c3cccc(Cl)c3Cl)c2C)cccc1[N+](=O)[O-]. The molecule has 1 aromatic heterocycles. The Morgan fingerprint density at radius 3 is 2.57 bits per heavy atom. The Kier molecular flexibility index (Phi) is 6.24. The van der Waals surface area contributed by atoms with Gasteiger partial charge in [-0.2, -0.15) is 5.10 Å². The fourth-order valence-corrected chi connectivity index (χ4v) is 3.62. The second-order valence-electron chi connectivity index (χ2n) is 6.64. The van der Waals surface area contributed by atoms with Crippen LogP contribution in [-0.2, 0) is 0 Å². The number of hydrogen-bond donors (Lipinski definition) is 1. The van der Waals surface area contributed by atoms with E-state index in [2.05, 4.69) is 10.5 Å². The third-order valence-corrected chi connectivity index (χ3v) is 5.57. The quantitative estimate of drug-likeness (QED) is 0.325. The highest BCUT2D eigenvalue weighted by molar-refractivity contribution is 6.43. The van der Waals surface area contributed by atoms with Crippen molar-refractivity contribution in [2.45, 2.75) is 20.8 Å². The lowest BCUT2D eigenvalue weighted by atomic mass is 10.1. The Morgan fingerprint density at radius 1 is 1.17 bits per heavy atom. The van der Waals surface area contributed by atoms with Gasteiger partial charge in [-0.15, -0.1) is 0 Å². The van der Waals surface area contributed by atoms with Crippen LogP contribution in [0.25, 0.3) is 5.69 Å². The van der Waals surface area contributed by atoms with Gasteiger partial charge >= 0.3 is 0 Å². The van der Waals surface area contributed by atoms with E-state index in [0.717, 1.165) is 22.6 Å². The van der Waals surface area contributed by atoms with Crippen molar-refractivity contribution in [2.24, 2.45) is 5.10 Å². The van der Waals surface area contributed by atoms with Crippen LogP contribution in [-0.4, -0.2) is 21.6 Å². The van der Waals surface area contributed by atoms with Gasteiger partial charge in [0, 0.05) is 28.6 Å². The molecular formula is C21H18Cl2N4O3. The molecule has 1 heterocycles. The Hall–Kier alpha value is -3.16. The largest absolute Gasteiger partial charge is 0.316 e. The molecule has 3 aromatic rings. The minimum atomic E-state index is -0.529. The van der Waals surface area contributed by atoms with E-state index >= 15 is 0 Å². The first-order valence-corrected chi connectivity index (χ1v) is 9.68. The molecule has 0 aliphatic rings. The molecule has 0 atom stereocenters. The first-order valence-electron chi connectivity index (χ1n) is 8.93. The Labute approximate surface area is 183 Å². The van der Waals surface area contributed by atoms with E-state index in [1.165, 1.54) is 31.3 Å². The van der Waals surface area contributed by atoms with E-state index in [0.29, 0.717) is 10.0 Å². The predicted octanol–water partition coefficient (Wildman–Crippen LogP) is 5.38. The molecule has 1 N–H and O–H groups in total. The van der Waals surface area contributed by atoms with Crippen LogP contribution in [0.5, 0.6) is 0 Å². The number of aromatic nitrogens is 1. The molecular weight excluding hydrogens is 427 g/mol. The number of rotatable bonds is 5. The van der Waals surface area contributed by atoms with Crippen molar-refractivity contribution in [1.29, 1.82) is 0 Å². The van der Waals surface area contributed by atoms with Gasteiger partial charge in [0.1, 0.15) is 0 Å². The standard InChI is InChI=1S/C21H18Cl2N4O3/c1-12-10-15(14(3)26(12)19-9-5-7-17(22)20(19)23)11-24-25-21(28)16-6-4-8-18(13(16)2)27(29)30/h4-11H,1-3H3,(H,25,28)/b24-11-. The number of benzene rings is 2. The fourth-order valence-electron chi connectivity index (χ4n) is 3.24. The van der Waals surface area contributed by atoms with Crippen molar-refractivity contribution in [3.8, 4) is 5.69 Å². The highest BCUT2D eigenvalue weighted by atomic mass is 35.5. The summed E-state index contributed by atoms with van der Waals surface area (Å²) in [7, 11) is 0. The van der Waals surface area contributed by atoms with Crippen LogP contribution in [0.4, 0.5) is 5.69 Å². The van der Waals surface area contributed by atoms with Crippen molar-refractivity contribution in [1.82, 2.24) is 9.99 Å². The maximum atomic E-state index is 12.4. The maximum absolute atomic E-state index is 12.4. The number of nitro benzene ring substituents is 1. The molecule has 0 saturated heterocycles. The summed E-state index contributed by atoms with van der Waals surface area (Å²) in [6.45, 7) is 5.35. The zero-order chi connectivity index (χ0) is 22.0. The molecule has 0 aliphatic carbocycles. The average molecular weight is 445 g/mol. The maximum Gasteiger partial charge on any atom is 0.273 e. The molecule has 0 unspecified atom stereocenters. The molecule has 9 heteroatoms. The van der Waals surface area contributed by atoms with E-state index in [4.69, 9.17) is 23.2 Å². The molecule has 0 bridgehead atoms. The number of aryl methyl sites for hydroxylation is 1. The van der Waals surface area contributed by atoms with Crippen LogP contribution in [0.2, 0.25) is 10.0 Å². The lowest BCUT2D eigenvalue weighted by Gasteiger charge is -2.12. The van der Waals surface area contributed by atoms with Crippen molar-refractivity contribution in [2.75, 3.05) is 0 Å². The molecule has 0 aliphatic heterocycles. The summed E-state index contributed by atoms with van der Waals surface area (Å²) in [6, 6.07) is 11.6. The van der Waals surface area contributed by atoms with E-state index in [1.54, 1.807) is 6.07 Å². The number of hydrogen-bond acceptors (Lipinski definition) is 4. The number of carbonyl (C=O) groups excluding carboxylic acids is 1. The smallest absolute Gasteiger partial charge is 0.273 e. The summed E-state index contributed by atoms with van der Waals surface area (Å²) in [5.74, 6) is -0.529. The molecule has 154 valence electrons. The molecule has 7 nitrogen and oxygen atoms in total. The first kappa shape index (κ1) is 21.5. The molecule has 3 rings (SSSR count). The van der Waals surface area contributed by atoms with Gasteiger partial charge in [0.2, 0.25) is 0 Å². The van der Waals surface area contributed by atoms with Crippen molar-refractivity contribution >= 4 is 41.0 Å². The van der Waals surface area contributed by atoms with Crippen LogP contribution in [0.1, 0.15) is 32.9 Å². The predicted molar refractivity (Wildman–Crippen MR) is 118 cm³/mol. The van der Waals surface area contributed by atoms with Gasteiger partial charge in [0.05, 0.1) is 32.4 Å². The highest BCUT2D eigenvalue weighted by Crippen LogP contribution is 2.31. The van der Waals surface area contributed by atoms with Crippen LogP contribution >= 0.6 is 23.2 Å². The number of hydrazone groups is 1. The Balaban J connectivity index is 1.85. The number of carbonyl (C=O) groups is 1. The second kappa shape index (κ2) is 8.69. The van der Waals surface area contributed by atoms with Gasteiger partial charge in [-0.05, 0) is 45.0 Å². The normalized spacial score (nSPS) is 11.1. The van der Waals surface area contributed by atoms with Crippen LogP contribution in [0.15, 0.2) is 47.6 Å². The number of nitro groups is 1. The fraction of sp³-hybridized carbons (Fsp3) is 0.143. The zero-order valence-corrected chi connectivity index (χ0v) is 18.0. The van der Waals surface area contributed by atoms with Gasteiger partial charge in [0.25, 0.3) is 11.6 Å². The second-order valence-corrected chi connectivity index (χ2v) is 7.43. The van der Waals surface area contributed by atoms with E-state index in [9.17, 15) is 14.9 Å². The molecule has 1 amide bonds. The van der Waals surface area contributed by atoms with Crippen LogP contribution < -0.4 is 5.43 Å². The molecule has 0 saturated carbocycles. The zero-order valence-electron chi connectivity index (χ0n) is 16.4. The first-order chi connectivity index (χ1) is 14.2. The minimum Gasteiger partial charge on any atom is -0.316 e. The number of nitrogens with one attached hydrogen (secondary N) is 1. The molecule has 0 spiro atoms. The number of nitrogens with zero attached hydrogens (tertiary/aromatic N) is 3. The summed E-state index contributed by atoms with van der Waals surface area (Å²) in [5, 5.41) is 16.0. The topological polar surface area (TPSA) is 89.5 Å². The van der Waals surface area contributed by atoms with Crippen LogP contribution in [0, 0.1) is 30.9 Å². The highest BCUT2D eigenvalue weighted by Gasteiger charge is 2.18. The van der Waals surface area contributed by atoms with E-state index in [-0.39, 0.29) is 16.8 Å². The Morgan fingerprint density at radius 2 is 1.87 bits per heavy atom. The summed E-state index contributed by atoms with van der Waals surface area (Å²) in [4.78, 5) is 22.9. The van der Waals surface area contributed by atoms with E-state index in [1.807, 2.05) is 36.6 Å². The molecule has 0 fully saturated rings. The minimum absolute atomic E-state index is 0.117. The summed E-state index contributed by atoms with van der Waals surface area (Å²) < 4.78 is 1.95. The lowest BCUT2D eigenvalue weighted by molar-refractivity contribution is -0.385. The van der Waals surface area contributed by atoms with Gasteiger partial charge < -0.3 is 4.57 Å². The summed E-state index contributed by atoms with van der Waals surface area (Å²) in [5.41, 5.74) is 6.08.